The number of carboxylic acids is 1. The number of likely N-dealkylation sites (N-methyl/N-ethyl adjacent to an activating group) is 1. The van der Waals surface area contributed by atoms with E-state index in [2.05, 4.69) is 37.1 Å². The van der Waals surface area contributed by atoms with Gasteiger partial charge in [0, 0.05) is 38.3 Å². The van der Waals surface area contributed by atoms with Gasteiger partial charge >= 0.3 is 11.7 Å². The van der Waals surface area contributed by atoms with E-state index in [9.17, 15) is 14.7 Å². The maximum Gasteiger partial charge on any atom is 0.331 e. The van der Waals surface area contributed by atoms with Gasteiger partial charge in [0.25, 0.3) is 0 Å². The number of para-hydroxylation sites is 2. The first-order valence-electron chi connectivity index (χ1n) is 10.3. The number of carbonyl (C=O) groups is 1. The highest BCUT2D eigenvalue weighted by Gasteiger charge is 2.30. The molecule has 2 unspecified atom stereocenters. The molecule has 0 fully saturated rings. The molecule has 0 amide bonds. The van der Waals surface area contributed by atoms with Crippen LogP contribution in [0.5, 0.6) is 0 Å². The molecule has 2 aromatic carbocycles. The first kappa shape index (κ1) is 20.2. The van der Waals surface area contributed by atoms with Crippen LogP contribution in [0.1, 0.15) is 36.6 Å². The Morgan fingerprint density at radius 2 is 1.93 bits per heavy atom. The van der Waals surface area contributed by atoms with Crippen LogP contribution in [0.2, 0.25) is 0 Å². The Morgan fingerprint density at radius 1 is 1.20 bits per heavy atom. The largest absolute Gasteiger partial charge is 0.481 e. The van der Waals surface area contributed by atoms with Crippen molar-refractivity contribution in [3.8, 4) is 0 Å². The summed E-state index contributed by atoms with van der Waals surface area (Å²) in [5.41, 5.74) is 4.95. The second kappa shape index (κ2) is 7.99. The lowest BCUT2D eigenvalue weighted by Gasteiger charge is -2.17. The zero-order valence-corrected chi connectivity index (χ0v) is 17.5. The van der Waals surface area contributed by atoms with Gasteiger partial charge in [0.15, 0.2) is 0 Å². The molecule has 0 aliphatic carbocycles. The molecule has 0 radical (unpaired) electrons. The van der Waals surface area contributed by atoms with Crippen molar-refractivity contribution in [3.05, 3.63) is 64.1 Å². The average molecular weight is 409 g/mol. The van der Waals surface area contributed by atoms with E-state index < -0.39 is 12.2 Å². The Hall–Kier alpha value is -3.06. The first-order valence-corrected chi connectivity index (χ1v) is 10.3. The summed E-state index contributed by atoms with van der Waals surface area (Å²) >= 11 is 0. The van der Waals surface area contributed by atoms with Gasteiger partial charge in [-0.25, -0.2) is 4.79 Å². The van der Waals surface area contributed by atoms with Crippen molar-refractivity contribution in [2.75, 3.05) is 25.1 Å². The molecule has 1 N–H and O–H groups in total. The molecule has 30 heavy (non-hydrogen) atoms. The summed E-state index contributed by atoms with van der Waals surface area (Å²) in [6, 6.07) is 13.8. The van der Waals surface area contributed by atoms with Crippen LogP contribution in [0.15, 0.2) is 47.3 Å². The molecule has 1 aromatic heterocycles. The van der Waals surface area contributed by atoms with E-state index in [1.165, 1.54) is 21.4 Å². The van der Waals surface area contributed by atoms with Gasteiger partial charge in [-0.1, -0.05) is 24.3 Å². The van der Waals surface area contributed by atoms with E-state index in [-0.39, 0.29) is 18.0 Å². The third-order valence-electron chi connectivity index (χ3n) is 5.88. The first-order chi connectivity index (χ1) is 14.4. The molecule has 7 nitrogen and oxygen atoms in total. The van der Waals surface area contributed by atoms with Crippen LogP contribution in [0, 0.1) is 6.92 Å². The molecule has 7 heteroatoms. The monoisotopic (exact) mass is 409 g/mol. The zero-order chi connectivity index (χ0) is 21.4. The van der Waals surface area contributed by atoms with Crippen molar-refractivity contribution in [2.45, 2.75) is 39.0 Å². The number of nitrogens with zero attached hydrogens (tertiary/aromatic N) is 3. The van der Waals surface area contributed by atoms with Crippen LogP contribution in [0.3, 0.4) is 0 Å². The van der Waals surface area contributed by atoms with E-state index in [1.54, 1.807) is 11.5 Å². The highest BCUT2D eigenvalue weighted by molar-refractivity contribution is 5.77. The maximum atomic E-state index is 13.5. The van der Waals surface area contributed by atoms with Gasteiger partial charge in [0.2, 0.25) is 0 Å². The van der Waals surface area contributed by atoms with Crippen LogP contribution in [-0.4, -0.2) is 40.4 Å². The smallest absolute Gasteiger partial charge is 0.331 e. The normalized spacial score (nSPS) is 16.8. The highest BCUT2D eigenvalue weighted by Crippen LogP contribution is 2.38. The predicted molar refractivity (Wildman–Crippen MR) is 116 cm³/mol. The van der Waals surface area contributed by atoms with Gasteiger partial charge in [-0.05, 0) is 43.2 Å². The number of aryl methyl sites for hydroxylation is 1. The molecular weight excluding hydrogens is 382 g/mol. The van der Waals surface area contributed by atoms with E-state index in [4.69, 9.17) is 4.74 Å². The molecule has 3 aromatic rings. The van der Waals surface area contributed by atoms with Gasteiger partial charge in [-0.15, -0.1) is 0 Å². The van der Waals surface area contributed by atoms with Gasteiger partial charge in [0.1, 0.15) is 6.23 Å². The predicted octanol–water partition coefficient (Wildman–Crippen LogP) is 3.35. The number of rotatable bonds is 7. The van der Waals surface area contributed by atoms with Crippen LogP contribution in [-0.2, 0) is 16.1 Å². The number of fused-ring (bicyclic) bond motifs is 2. The lowest BCUT2D eigenvalue weighted by molar-refractivity contribution is -0.142. The van der Waals surface area contributed by atoms with Crippen molar-refractivity contribution in [1.29, 1.82) is 0 Å². The van der Waals surface area contributed by atoms with Gasteiger partial charge in [-0.3, -0.25) is 13.9 Å². The molecule has 158 valence electrons. The van der Waals surface area contributed by atoms with Gasteiger partial charge in [0.05, 0.1) is 17.5 Å². The average Bonchev–Trinajstić information content (AvgIpc) is 3.17. The Morgan fingerprint density at radius 3 is 2.63 bits per heavy atom. The summed E-state index contributed by atoms with van der Waals surface area (Å²) in [6.07, 6.45) is -1.11. The van der Waals surface area contributed by atoms with E-state index in [0.717, 1.165) is 12.1 Å². The number of aromatic nitrogens is 2. The van der Waals surface area contributed by atoms with Crippen LogP contribution in [0.4, 0.5) is 5.69 Å². The summed E-state index contributed by atoms with van der Waals surface area (Å²) in [4.78, 5) is 27.1. The second-order valence-electron chi connectivity index (χ2n) is 7.84. The summed E-state index contributed by atoms with van der Waals surface area (Å²) in [5, 5.41) is 9.33. The van der Waals surface area contributed by atoms with Crippen LogP contribution < -0.4 is 10.6 Å². The fraction of sp³-hybridized carbons (Fsp3) is 0.391. The molecule has 2 atom stereocenters. The molecule has 0 saturated heterocycles. The molecule has 1 aliphatic heterocycles. The minimum atomic E-state index is -1.00. The molecule has 4 rings (SSSR count). The number of hydrogen-bond acceptors (Lipinski definition) is 4. The number of imidazole rings is 1. The molecule has 2 heterocycles. The molecule has 0 bridgehead atoms. The summed E-state index contributed by atoms with van der Waals surface area (Å²) < 4.78 is 8.92. The third kappa shape index (κ3) is 3.39. The fourth-order valence-corrected chi connectivity index (χ4v) is 4.67. The molecule has 0 saturated carbocycles. The molecular formula is C23H27N3O4. The Bertz CT molecular complexity index is 1150. The third-order valence-corrected chi connectivity index (χ3v) is 5.88. The number of hydrogen-bond donors (Lipinski definition) is 1. The quantitative estimate of drug-likeness (QED) is 0.648. The van der Waals surface area contributed by atoms with Crippen molar-refractivity contribution in [3.63, 3.8) is 0 Å². The SMILES string of the molecule is CCOC(CC(=O)O)n1c(=O)n(CC2CN(C)c3cccc(C)c32)c2ccccc21. The van der Waals surface area contributed by atoms with E-state index in [0.29, 0.717) is 18.7 Å². The lowest BCUT2D eigenvalue weighted by Crippen LogP contribution is -2.31. The van der Waals surface area contributed by atoms with Gasteiger partial charge in [-0.2, -0.15) is 0 Å². The van der Waals surface area contributed by atoms with E-state index >= 15 is 0 Å². The standard InChI is InChI=1S/C23H27N3O4/c1-4-30-20(12-21(27)28)26-18-10-6-5-9-17(18)25(23(26)29)14-16-13-24(3)19-11-7-8-15(2)22(16)19/h5-11,16,20H,4,12-14H2,1-3H3,(H,27,28). The van der Waals surface area contributed by atoms with Crippen LogP contribution in [0.25, 0.3) is 11.0 Å². The summed E-state index contributed by atoms with van der Waals surface area (Å²) in [6.45, 7) is 5.59. The molecule has 1 aliphatic rings. The number of anilines is 1. The summed E-state index contributed by atoms with van der Waals surface area (Å²) in [5.74, 6) is -0.827. The van der Waals surface area contributed by atoms with E-state index in [1.807, 2.05) is 24.3 Å². The maximum absolute atomic E-state index is 13.5. The number of benzene rings is 2. The summed E-state index contributed by atoms with van der Waals surface area (Å²) in [7, 11) is 2.07. The van der Waals surface area contributed by atoms with Crippen molar-refractivity contribution in [2.24, 2.45) is 0 Å². The number of aliphatic carboxylic acids is 1. The fourth-order valence-electron chi connectivity index (χ4n) is 4.67. The topological polar surface area (TPSA) is 76.7 Å². The Labute approximate surface area is 175 Å². The lowest BCUT2D eigenvalue weighted by atomic mass is 9.96. The van der Waals surface area contributed by atoms with Gasteiger partial charge < -0.3 is 14.7 Å². The molecule has 0 spiro atoms. The second-order valence-corrected chi connectivity index (χ2v) is 7.84. The Balaban J connectivity index is 1.81. The van der Waals surface area contributed by atoms with Crippen molar-refractivity contribution in [1.82, 2.24) is 9.13 Å². The highest BCUT2D eigenvalue weighted by atomic mass is 16.5. The van der Waals surface area contributed by atoms with Crippen LogP contribution >= 0.6 is 0 Å². The minimum absolute atomic E-state index is 0.174. The zero-order valence-electron chi connectivity index (χ0n) is 17.5. The Kier molecular flexibility index (Phi) is 5.39. The number of ether oxygens (including phenoxy) is 1. The number of carboxylic acid groups (broad SMARTS) is 1. The van der Waals surface area contributed by atoms with Crippen molar-refractivity contribution < 1.29 is 14.6 Å². The minimum Gasteiger partial charge on any atom is -0.481 e. The van der Waals surface area contributed by atoms with Crippen molar-refractivity contribution >= 4 is 22.7 Å².